The Kier molecular flexibility index (Phi) is 5.22. The Morgan fingerprint density at radius 1 is 1.17 bits per heavy atom. The van der Waals surface area contributed by atoms with Crippen LogP contribution in [0.2, 0.25) is 0 Å². The molecule has 1 N–H and O–H groups in total. The average Bonchev–Trinajstić information content (AvgIpc) is 3.23. The molecule has 0 unspecified atom stereocenters. The number of nitrogens with zero attached hydrogens (tertiary/aromatic N) is 3. The first kappa shape index (κ1) is 19.4. The molecule has 152 valence electrons. The van der Waals surface area contributed by atoms with Gasteiger partial charge in [0.25, 0.3) is 5.56 Å². The van der Waals surface area contributed by atoms with Crippen molar-refractivity contribution >= 4 is 11.8 Å². The lowest BCUT2D eigenvalue weighted by molar-refractivity contribution is -0.131. The fourth-order valence-electron chi connectivity index (χ4n) is 4.26. The summed E-state index contributed by atoms with van der Waals surface area (Å²) in [6.07, 6.45) is 1.30. The van der Waals surface area contributed by atoms with E-state index in [4.69, 9.17) is 4.98 Å². The highest BCUT2D eigenvalue weighted by Gasteiger charge is 2.32. The molecule has 2 aliphatic heterocycles. The number of hydrogen-bond acceptors (Lipinski definition) is 4. The van der Waals surface area contributed by atoms with Crippen molar-refractivity contribution in [2.75, 3.05) is 19.6 Å². The lowest BCUT2D eigenvalue weighted by Gasteiger charge is -2.27. The number of hydrogen-bond donors (Lipinski definition) is 1. The summed E-state index contributed by atoms with van der Waals surface area (Å²) >= 11 is 0. The van der Waals surface area contributed by atoms with Gasteiger partial charge in [0.15, 0.2) is 0 Å². The number of nitrogens with one attached hydrogen (secondary N) is 1. The number of carbonyl (C=O) groups is 2. The van der Waals surface area contributed by atoms with Gasteiger partial charge in [-0.3, -0.25) is 14.4 Å². The Morgan fingerprint density at radius 2 is 1.93 bits per heavy atom. The zero-order valence-corrected chi connectivity index (χ0v) is 16.9. The Labute approximate surface area is 169 Å². The highest BCUT2D eigenvalue weighted by molar-refractivity contribution is 5.83. The quantitative estimate of drug-likeness (QED) is 0.860. The largest absolute Gasteiger partial charge is 0.341 e. The molecule has 1 saturated heterocycles. The van der Waals surface area contributed by atoms with Crippen LogP contribution in [0.3, 0.4) is 0 Å². The standard InChI is InChI=1S/C22H26N4O3/c1-14(16-6-4-3-5-7-16)22(29)26-10-8-17(12-26)20-23-19-13-25(15(2)27)11-9-18(19)21(28)24-20/h3-7,14,17H,8-13H2,1-2H3,(H,23,24,28)/t14-,17+/m0/s1. The van der Waals surface area contributed by atoms with Gasteiger partial charge in [-0.1, -0.05) is 30.3 Å². The van der Waals surface area contributed by atoms with Crippen molar-refractivity contribution in [3.63, 3.8) is 0 Å². The molecule has 1 fully saturated rings. The molecule has 7 nitrogen and oxygen atoms in total. The monoisotopic (exact) mass is 394 g/mol. The summed E-state index contributed by atoms with van der Waals surface area (Å²) in [6, 6.07) is 9.77. The summed E-state index contributed by atoms with van der Waals surface area (Å²) in [7, 11) is 0. The van der Waals surface area contributed by atoms with Gasteiger partial charge >= 0.3 is 0 Å². The molecule has 7 heteroatoms. The van der Waals surface area contributed by atoms with Crippen molar-refractivity contribution in [3.05, 3.63) is 63.3 Å². The third-order valence-electron chi connectivity index (χ3n) is 6.09. The number of aromatic nitrogens is 2. The van der Waals surface area contributed by atoms with Crippen LogP contribution in [0.5, 0.6) is 0 Å². The van der Waals surface area contributed by atoms with E-state index < -0.39 is 0 Å². The maximum absolute atomic E-state index is 12.9. The molecule has 1 aromatic carbocycles. The van der Waals surface area contributed by atoms with Crippen LogP contribution < -0.4 is 5.56 Å². The van der Waals surface area contributed by atoms with Crippen molar-refractivity contribution in [1.29, 1.82) is 0 Å². The third-order valence-corrected chi connectivity index (χ3v) is 6.09. The summed E-state index contributed by atoms with van der Waals surface area (Å²) in [5, 5.41) is 0. The molecule has 2 aromatic rings. The van der Waals surface area contributed by atoms with Crippen molar-refractivity contribution < 1.29 is 9.59 Å². The summed E-state index contributed by atoms with van der Waals surface area (Å²) in [4.78, 5) is 48.4. The molecule has 2 atom stereocenters. The molecule has 29 heavy (non-hydrogen) atoms. The van der Waals surface area contributed by atoms with Gasteiger partial charge in [-0.05, 0) is 25.3 Å². The zero-order valence-electron chi connectivity index (χ0n) is 16.9. The van der Waals surface area contributed by atoms with Gasteiger partial charge in [-0.15, -0.1) is 0 Å². The SMILES string of the molecule is CC(=O)N1CCc2c(nc([C@@H]3CCN(C(=O)[C@@H](C)c4ccccc4)C3)[nH]c2=O)C1. The Hall–Kier alpha value is -2.96. The summed E-state index contributed by atoms with van der Waals surface area (Å²) in [5.74, 6) is 0.526. The molecule has 2 aliphatic rings. The number of benzene rings is 1. The zero-order chi connectivity index (χ0) is 20.5. The predicted molar refractivity (Wildman–Crippen MR) is 108 cm³/mol. The van der Waals surface area contributed by atoms with E-state index in [1.54, 1.807) is 4.90 Å². The van der Waals surface area contributed by atoms with E-state index in [1.807, 2.05) is 42.2 Å². The average molecular weight is 394 g/mol. The minimum Gasteiger partial charge on any atom is -0.341 e. The lowest BCUT2D eigenvalue weighted by atomic mass is 10.00. The first-order valence-electron chi connectivity index (χ1n) is 10.1. The van der Waals surface area contributed by atoms with Gasteiger partial charge < -0.3 is 14.8 Å². The van der Waals surface area contributed by atoms with Crippen molar-refractivity contribution in [2.24, 2.45) is 0 Å². The highest BCUT2D eigenvalue weighted by atomic mass is 16.2. The minimum atomic E-state index is -0.199. The second kappa shape index (κ2) is 7.81. The number of aromatic amines is 1. The molecule has 2 amide bonds. The van der Waals surface area contributed by atoms with Crippen LogP contribution >= 0.6 is 0 Å². The second-order valence-corrected chi connectivity index (χ2v) is 7.97. The number of H-pyrrole nitrogens is 1. The van der Waals surface area contributed by atoms with Crippen LogP contribution in [0.4, 0.5) is 0 Å². The molecule has 0 saturated carbocycles. The van der Waals surface area contributed by atoms with Crippen LogP contribution in [-0.2, 0) is 22.6 Å². The topological polar surface area (TPSA) is 86.4 Å². The van der Waals surface area contributed by atoms with Crippen molar-refractivity contribution in [2.45, 2.75) is 45.1 Å². The van der Waals surface area contributed by atoms with Crippen LogP contribution in [0.1, 0.15) is 54.7 Å². The third kappa shape index (κ3) is 3.81. The first-order valence-corrected chi connectivity index (χ1v) is 10.1. The highest BCUT2D eigenvalue weighted by Crippen LogP contribution is 2.28. The number of rotatable bonds is 3. The molecular formula is C22H26N4O3. The number of likely N-dealkylation sites (tertiary alicyclic amines) is 1. The van der Waals surface area contributed by atoms with E-state index in [0.29, 0.717) is 49.7 Å². The van der Waals surface area contributed by atoms with E-state index >= 15 is 0 Å². The number of carbonyl (C=O) groups excluding carboxylic acids is 2. The van der Waals surface area contributed by atoms with Crippen LogP contribution in [-0.4, -0.2) is 51.2 Å². The molecular weight excluding hydrogens is 368 g/mol. The minimum absolute atomic E-state index is 0.00706. The van der Waals surface area contributed by atoms with Gasteiger partial charge in [0.2, 0.25) is 11.8 Å². The van der Waals surface area contributed by atoms with Crippen LogP contribution in [0, 0.1) is 0 Å². The van der Waals surface area contributed by atoms with Crippen LogP contribution in [0.15, 0.2) is 35.1 Å². The number of amides is 2. The van der Waals surface area contributed by atoms with E-state index in [-0.39, 0.29) is 29.2 Å². The van der Waals surface area contributed by atoms with E-state index in [9.17, 15) is 14.4 Å². The van der Waals surface area contributed by atoms with Gasteiger partial charge in [-0.2, -0.15) is 0 Å². The second-order valence-electron chi connectivity index (χ2n) is 7.97. The van der Waals surface area contributed by atoms with E-state index in [2.05, 4.69) is 4.98 Å². The predicted octanol–water partition coefficient (Wildman–Crippen LogP) is 1.79. The molecule has 3 heterocycles. The maximum atomic E-state index is 12.9. The van der Waals surface area contributed by atoms with Crippen LogP contribution in [0.25, 0.3) is 0 Å². The molecule has 1 aromatic heterocycles. The Morgan fingerprint density at radius 3 is 2.66 bits per heavy atom. The van der Waals surface area contributed by atoms with E-state index in [1.165, 1.54) is 6.92 Å². The smallest absolute Gasteiger partial charge is 0.254 e. The van der Waals surface area contributed by atoms with Gasteiger partial charge in [0.1, 0.15) is 5.82 Å². The van der Waals surface area contributed by atoms with E-state index in [0.717, 1.165) is 12.0 Å². The fourth-order valence-corrected chi connectivity index (χ4v) is 4.26. The summed E-state index contributed by atoms with van der Waals surface area (Å²) < 4.78 is 0. The molecule has 0 spiro atoms. The molecule has 0 aliphatic carbocycles. The molecule has 4 rings (SSSR count). The molecule has 0 radical (unpaired) electrons. The normalized spacial score (nSPS) is 19.7. The fraction of sp³-hybridized carbons (Fsp3) is 0.455. The maximum Gasteiger partial charge on any atom is 0.254 e. The van der Waals surface area contributed by atoms with Gasteiger partial charge in [0.05, 0.1) is 18.2 Å². The number of fused-ring (bicyclic) bond motifs is 1. The first-order chi connectivity index (χ1) is 13.9. The lowest BCUT2D eigenvalue weighted by Crippen LogP contribution is -2.38. The summed E-state index contributed by atoms with van der Waals surface area (Å²) in [5.41, 5.74) is 2.25. The van der Waals surface area contributed by atoms with Gasteiger partial charge in [0, 0.05) is 38.0 Å². The van der Waals surface area contributed by atoms with Crippen molar-refractivity contribution in [3.8, 4) is 0 Å². The Balaban J connectivity index is 1.50. The Bertz CT molecular complexity index is 985. The molecule has 0 bridgehead atoms. The van der Waals surface area contributed by atoms with Gasteiger partial charge in [-0.25, -0.2) is 4.98 Å². The van der Waals surface area contributed by atoms with Crippen molar-refractivity contribution in [1.82, 2.24) is 19.8 Å². The summed E-state index contributed by atoms with van der Waals surface area (Å²) in [6.45, 7) is 5.60.